The number of aromatic amines is 1. The third-order valence-corrected chi connectivity index (χ3v) is 5.48. The second-order valence-corrected chi connectivity index (χ2v) is 8.35. The number of amides is 1. The van der Waals surface area contributed by atoms with Gasteiger partial charge in [-0.05, 0) is 54.1 Å². The molecule has 7 nitrogen and oxygen atoms in total. The van der Waals surface area contributed by atoms with Crippen LogP contribution in [0.3, 0.4) is 0 Å². The van der Waals surface area contributed by atoms with Gasteiger partial charge in [0.25, 0.3) is 11.5 Å². The molecule has 1 amide bonds. The van der Waals surface area contributed by atoms with Crippen LogP contribution in [0.25, 0.3) is 11.0 Å². The number of nitrogens with one attached hydrogen (secondary N) is 2. The van der Waals surface area contributed by atoms with Crippen LogP contribution in [0.15, 0.2) is 32.5 Å². The molecule has 0 spiro atoms. The number of nitrogens with zero attached hydrogens (tertiary/aromatic N) is 2. The van der Waals surface area contributed by atoms with Gasteiger partial charge < -0.3 is 5.32 Å². The molecule has 3 rings (SSSR count). The average molecular weight is 415 g/mol. The van der Waals surface area contributed by atoms with Crippen molar-refractivity contribution in [2.75, 3.05) is 0 Å². The highest BCUT2D eigenvalue weighted by Gasteiger charge is 2.21. The molecule has 3 aromatic rings. The van der Waals surface area contributed by atoms with Gasteiger partial charge >= 0.3 is 5.69 Å². The Hall–Kier alpha value is -2.74. The first-order valence-corrected chi connectivity index (χ1v) is 10.8. The Morgan fingerprint density at radius 2 is 2.07 bits per heavy atom. The highest BCUT2D eigenvalue weighted by Crippen LogP contribution is 2.20. The Balaban J connectivity index is 2.10. The summed E-state index contributed by atoms with van der Waals surface area (Å²) in [5.41, 5.74) is 1.25. The van der Waals surface area contributed by atoms with Gasteiger partial charge in [0.1, 0.15) is 0 Å². The van der Waals surface area contributed by atoms with Gasteiger partial charge in [-0.1, -0.05) is 20.8 Å². The molecule has 0 bridgehead atoms. The molecule has 154 valence electrons. The van der Waals surface area contributed by atoms with Gasteiger partial charge in [0.15, 0.2) is 5.65 Å². The summed E-state index contributed by atoms with van der Waals surface area (Å²) in [6, 6.07) is 3.58. The van der Waals surface area contributed by atoms with E-state index in [-0.39, 0.29) is 34.5 Å². The van der Waals surface area contributed by atoms with Crippen molar-refractivity contribution < 1.29 is 4.79 Å². The van der Waals surface area contributed by atoms with Crippen LogP contribution >= 0.6 is 11.3 Å². The van der Waals surface area contributed by atoms with Crippen LogP contribution in [0, 0.1) is 0 Å². The molecule has 2 N–H and O–H groups in total. The van der Waals surface area contributed by atoms with Crippen molar-refractivity contribution in [1.29, 1.82) is 0 Å². The first kappa shape index (κ1) is 21.0. The largest absolute Gasteiger partial charge is 0.349 e. The smallest absolute Gasteiger partial charge is 0.329 e. The van der Waals surface area contributed by atoms with Crippen LogP contribution in [0.5, 0.6) is 0 Å². The van der Waals surface area contributed by atoms with Gasteiger partial charge in [0, 0.05) is 18.3 Å². The molecule has 1 atom stereocenters. The van der Waals surface area contributed by atoms with Crippen molar-refractivity contribution in [2.24, 2.45) is 0 Å². The third-order valence-electron chi connectivity index (χ3n) is 4.75. The summed E-state index contributed by atoms with van der Waals surface area (Å²) >= 11 is 1.61. The maximum atomic E-state index is 13.1. The van der Waals surface area contributed by atoms with Crippen molar-refractivity contribution in [2.45, 2.75) is 59.0 Å². The number of carbonyl (C=O) groups is 1. The third kappa shape index (κ3) is 4.48. The minimum absolute atomic E-state index is 0.0404. The van der Waals surface area contributed by atoms with Crippen molar-refractivity contribution in [3.05, 3.63) is 60.6 Å². The van der Waals surface area contributed by atoms with E-state index >= 15 is 0 Å². The van der Waals surface area contributed by atoms with Gasteiger partial charge in [-0.15, -0.1) is 0 Å². The summed E-state index contributed by atoms with van der Waals surface area (Å²) < 4.78 is 1.44. The fourth-order valence-corrected chi connectivity index (χ4v) is 4.00. The van der Waals surface area contributed by atoms with Crippen LogP contribution < -0.4 is 16.6 Å². The van der Waals surface area contributed by atoms with E-state index in [9.17, 15) is 14.4 Å². The van der Waals surface area contributed by atoms with E-state index in [0.717, 1.165) is 5.56 Å². The summed E-state index contributed by atoms with van der Waals surface area (Å²) in [5.74, 6) is -0.298. The average Bonchev–Trinajstić information content (AvgIpc) is 3.16. The molecular formula is C21H26N4O3S. The number of carbonyl (C=O) groups excluding carboxylic acids is 1. The molecule has 0 aliphatic carbocycles. The highest BCUT2D eigenvalue weighted by molar-refractivity contribution is 7.07. The first-order valence-electron chi connectivity index (χ1n) is 9.81. The molecular weight excluding hydrogens is 388 g/mol. The van der Waals surface area contributed by atoms with Gasteiger partial charge in [-0.3, -0.25) is 19.1 Å². The van der Waals surface area contributed by atoms with Gasteiger partial charge in [-0.2, -0.15) is 11.3 Å². The zero-order valence-electron chi connectivity index (χ0n) is 17.1. The zero-order valence-corrected chi connectivity index (χ0v) is 17.9. The Kier molecular flexibility index (Phi) is 6.32. The fraction of sp³-hybridized carbons (Fsp3) is 0.429. The Bertz CT molecular complexity index is 1130. The Morgan fingerprint density at radius 1 is 1.31 bits per heavy atom. The summed E-state index contributed by atoms with van der Waals surface area (Å²) in [5, 5.41) is 7.19. The second-order valence-electron chi connectivity index (χ2n) is 7.57. The SMILES string of the molecule is CCCn1c(=O)[nH]c(=O)c2c(C(=O)NC(C)Cc3ccsc3)cc(C(C)C)nc21. The monoisotopic (exact) mass is 414 g/mol. The second kappa shape index (κ2) is 8.73. The van der Waals surface area contributed by atoms with Crippen LogP contribution in [-0.4, -0.2) is 26.5 Å². The topological polar surface area (TPSA) is 96.9 Å². The zero-order chi connectivity index (χ0) is 21.1. The molecule has 0 saturated carbocycles. The standard InChI is InChI=1S/C21H26N4O3S/c1-5-7-25-18-17(20(27)24-21(25)28)15(10-16(23-18)12(2)3)19(26)22-13(4)9-14-6-8-29-11-14/h6,8,10-13H,5,7,9H2,1-4H3,(H,22,26)(H,24,27,28). The summed E-state index contributed by atoms with van der Waals surface area (Å²) in [4.78, 5) is 44.9. The Labute approximate surface area is 172 Å². The lowest BCUT2D eigenvalue weighted by molar-refractivity contribution is 0.0941. The molecule has 0 aliphatic heterocycles. The minimum atomic E-state index is -0.587. The van der Waals surface area contributed by atoms with E-state index in [0.29, 0.717) is 25.1 Å². The number of hydrogen-bond acceptors (Lipinski definition) is 5. The number of H-pyrrole nitrogens is 1. The maximum Gasteiger partial charge on any atom is 0.329 e. The number of aromatic nitrogens is 3. The van der Waals surface area contributed by atoms with Crippen LogP contribution in [0.2, 0.25) is 0 Å². The first-order chi connectivity index (χ1) is 13.8. The predicted molar refractivity (Wildman–Crippen MR) is 116 cm³/mol. The van der Waals surface area contributed by atoms with E-state index in [2.05, 4.69) is 20.7 Å². The predicted octanol–water partition coefficient (Wildman–Crippen LogP) is 3.04. The highest BCUT2D eigenvalue weighted by atomic mass is 32.1. The molecule has 8 heteroatoms. The number of hydrogen-bond donors (Lipinski definition) is 2. The number of thiophene rings is 1. The number of aryl methyl sites for hydroxylation is 1. The summed E-state index contributed by atoms with van der Waals surface area (Å²) in [6.45, 7) is 8.21. The van der Waals surface area contributed by atoms with Gasteiger partial charge in [0.05, 0.1) is 10.9 Å². The molecule has 0 aliphatic rings. The van der Waals surface area contributed by atoms with Crippen molar-refractivity contribution in [3.8, 4) is 0 Å². The summed E-state index contributed by atoms with van der Waals surface area (Å²) in [7, 11) is 0. The van der Waals surface area contributed by atoms with E-state index in [1.54, 1.807) is 17.4 Å². The normalized spacial score (nSPS) is 12.4. The van der Waals surface area contributed by atoms with Crippen LogP contribution in [0.4, 0.5) is 0 Å². The molecule has 0 radical (unpaired) electrons. The number of fused-ring (bicyclic) bond motifs is 1. The number of pyridine rings is 1. The molecule has 1 unspecified atom stereocenters. The van der Waals surface area contributed by atoms with Gasteiger partial charge in [-0.25, -0.2) is 9.78 Å². The lowest BCUT2D eigenvalue weighted by Gasteiger charge is -2.17. The van der Waals surface area contributed by atoms with Crippen LogP contribution in [0.1, 0.15) is 61.6 Å². The molecule has 0 saturated heterocycles. The lowest BCUT2D eigenvalue weighted by Crippen LogP contribution is -2.36. The molecule has 0 aromatic carbocycles. The minimum Gasteiger partial charge on any atom is -0.349 e. The van der Waals surface area contributed by atoms with E-state index in [4.69, 9.17) is 0 Å². The maximum absolute atomic E-state index is 13.1. The summed E-state index contributed by atoms with van der Waals surface area (Å²) in [6.07, 6.45) is 1.40. The number of rotatable bonds is 7. The van der Waals surface area contributed by atoms with Crippen LogP contribution in [-0.2, 0) is 13.0 Å². The van der Waals surface area contributed by atoms with Gasteiger partial charge in [0.2, 0.25) is 0 Å². The Morgan fingerprint density at radius 3 is 2.69 bits per heavy atom. The van der Waals surface area contributed by atoms with Crippen molar-refractivity contribution in [3.63, 3.8) is 0 Å². The molecule has 0 fully saturated rings. The van der Waals surface area contributed by atoms with E-state index in [1.807, 2.05) is 39.1 Å². The van der Waals surface area contributed by atoms with Crippen molar-refractivity contribution in [1.82, 2.24) is 19.9 Å². The van der Waals surface area contributed by atoms with E-state index < -0.39 is 11.2 Å². The molecule has 3 aromatic heterocycles. The van der Waals surface area contributed by atoms with E-state index in [1.165, 1.54) is 4.57 Å². The quantitative estimate of drug-likeness (QED) is 0.621. The fourth-order valence-electron chi connectivity index (χ4n) is 3.31. The molecule has 3 heterocycles. The van der Waals surface area contributed by atoms with Crippen molar-refractivity contribution >= 4 is 28.3 Å². The lowest BCUT2D eigenvalue weighted by atomic mass is 10.0. The molecule has 29 heavy (non-hydrogen) atoms.